The number of rotatable bonds is 29. The van der Waals surface area contributed by atoms with E-state index in [1.54, 1.807) is 7.11 Å². The predicted molar refractivity (Wildman–Crippen MR) is 124 cm³/mol. The maximum atomic E-state index is 8.54. The van der Waals surface area contributed by atoms with Gasteiger partial charge in [-0.05, 0) is 0 Å². The Balaban J connectivity index is 3.01. The van der Waals surface area contributed by atoms with Crippen LogP contribution in [-0.2, 0) is 47.4 Å². The van der Waals surface area contributed by atoms with Gasteiger partial charge in [0, 0.05) is 7.11 Å². The van der Waals surface area contributed by atoms with Crippen LogP contribution in [0.3, 0.4) is 0 Å². The highest BCUT2D eigenvalue weighted by Gasteiger charge is 1.99. The van der Waals surface area contributed by atoms with Crippen LogP contribution in [0.1, 0.15) is 0 Å². The summed E-state index contributed by atoms with van der Waals surface area (Å²) in [5, 5.41) is 8.54. The summed E-state index contributed by atoms with van der Waals surface area (Å²) >= 11 is 4.14. The number of thiol groups is 1. The maximum Gasteiger partial charge on any atom is 0.123 e. The van der Waals surface area contributed by atoms with Crippen LogP contribution in [-0.4, -0.2) is 143 Å². The molecule has 200 valence electrons. The molecular weight excluding hydrogens is 460 g/mol. The molecule has 0 rings (SSSR count). The van der Waals surface area contributed by atoms with Crippen LogP contribution in [0.15, 0.2) is 0 Å². The van der Waals surface area contributed by atoms with Crippen molar-refractivity contribution in [2.45, 2.75) is 5.44 Å². The van der Waals surface area contributed by atoms with Crippen LogP contribution >= 0.6 is 12.6 Å². The molecule has 0 fully saturated rings. The summed E-state index contributed by atoms with van der Waals surface area (Å²) in [4.78, 5) is 0. The van der Waals surface area contributed by atoms with E-state index in [2.05, 4.69) is 12.6 Å². The van der Waals surface area contributed by atoms with Crippen molar-refractivity contribution in [2.75, 3.05) is 133 Å². The molecule has 0 aromatic carbocycles. The molecule has 0 spiro atoms. The van der Waals surface area contributed by atoms with Crippen LogP contribution in [0.4, 0.5) is 0 Å². The molecule has 11 nitrogen and oxygen atoms in total. The van der Waals surface area contributed by atoms with Crippen LogP contribution < -0.4 is 0 Å². The van der Waals surface area contributed by atoms with E-state index in [4.69, 9.17) is 52.5 Å². The normalized spacial score (nSPS) is 12.5. The summed E-state index contributed by atoms with van der Waals surface area (Å²) < 4.78 is 53.1. The first kappa shape index (κ1) is 32.9. The van der Waals surface area contributed by atoms with Crippen molar-refractivity contribution in [2.24, 2.45) is 0 Å². The standard InChI is InChI=1S/C21H44O11S/c1-23-21(33)20-32-19-18-31-17-16-30-15-14-29-13-12-28-11-10-27-9-8-26-7-6-25-5-4-24-3-2-22/h21-22,33H,2-20H2,1H3. The topological polar surface area (TPSA) is 113 Å². The van der Waals surface area contributed by atoms with Gasteiger partial charge in [-0.3, -0.25) is 0 Å². The van der Waals surface area contributed by atoms with Gasteiger partial charge in [0.15, 0.2) is 0 Å². The maximum absolute atomic E-state index is 8.54. The third kappa shape index (κ3) is 29.9. The summed E-state index contributed by atoms with van der Waals surface area (Å²) in [6.45, 7) is 8.93. The quantitative estimate of drug-likeness (QED) is 0.0817. The third-order valence-corrected chi connectivity index (χ3v) is 4.10. The molecule has 0 aliphatic rings. The molecule has 0 bridgehead atoms. The van der Waals surface area contributed by atoms with Crippen molar-refractivity contribution in [1.82, 2.24) is 0 Å². The summed E-state index contributed by atoms with van der Waals surface area (Å²) in [5.41, 5.74) is -0.204. The Morgan fingerprint density at radius 2 is 0.697 bits per heavy atom. The van der Waals surface area contributed by atoms with Crippen LogP contribution in [0.5, 0.6) is 0 Å². The second-order valence-corrected chi connectivity index (χ2v) is 6.96. The zero-order chi connectivity index (χ0) is 24.1. The van der Waals surface area contributed by atoms with E-state index in [0.29, 0.717) is 119 Å². The Labute approximate surface area is 203 Å². The van der Waals surface area contributed by atoms with E-state index in [-0.39, 0.29) is 12.0 Å². The zero-order valence-corrected chi connectivity index (χ0v) is 20.9. The summed E-state index contributed by atoms with van der Waals surface area (Å²) in [5.74, 6) is 0. The summed E-state index contributed by atoms with van der Waals surface area (Å²) in [7, 11) is 1.59. The van der Waals surface area contributed by atoms with Crippen LogP contribution in [0.25, 0.3) is 0 Å². The van der Waals surface area contributed by atoms with Gasteiger partial charge in [-0.2, -0.15) is 0 Å². The van der Waals surface area contributed by atoms with E-state index >= 15 is 0 Å². The lowest BCUT2D eigenvalue weighted by molar-refractivity contribution is -0.0268. The SMILES string of the molecule is COC(S)COCCOCCOCCOCCOCCOCCOCCOCCOCCO. The highest BCUT2D eigenvalue weighted by Crippen LogP contribution is 1.95. The molecule has 1 atom stereocenters. The van der Waals surface area contributed by atoms with Crippen molar-refractivity contribution in [3.8, 4) is 0 Å². The summed E-state index contributed by atoms with van der Waals surface area (Å²) in [6, 6.07) is 0. The van der Waals surface area contributed by atoms with Gasteiger partial charge < -0.3 is 52.5 Å². The first-order chi connectivity index (χ1) is 16.3. The number of aliphatic hydroxyl groups excluding tert-OH is 1. The molecule has 0 aromatic heterocycles. The van der Waals surface area contributed by atoms with Gasteiger partial charge in [-0.15, -0.1) is 12.6 Å². The Kier molecular flexibility index (Phi) is 29.9. The number of hydrogen-bond acceptors (Lipinski definition) is 12. The van der Waals surface area contributed by atoms with Gasteiger partial charge in [0.2, 0.25) is 0 Å². The lowest BCUT2D eigenvalue weighted by atomic mass is 10.6. The Morgan fingerprint density at radius 1 is 0.455 bits per heavy atom. The Bertz CT molecular complexity index is 356. The minimum atomic E-state index is -0.204. The lowest BCUT2D eigenvalue weighted by Gasteiger charge is -2.10. The minimum Gasteiger partial charge on any atom is -0.394 e. The van der Waals surface area contributed by atoms with Gasteiger partial charge >= 0.3 is 0 Å². The molecular formula is C21H44O11S. The molecule has 0 radical (unpaired) electrons. The van der Waals surface area contributed by atoms with E-state index in [0.717, 1.165) is 0 Å². The second kappa shape index (κ2) is 29.9. The molecule has 0 aliphatic carbocycles. The smallest absolute Gasteiger partial charge is 0.123 e. The lowest BCUT2D eigenvalue weighted by Crippen LogP contribution is -2.16. The van der Waals surface area contributed by atoms with E-state index in [9.17, 15) is 0 Å². The molecule has 33 heavy (non-hydrogen) atoms. The Morgan fingerprint density at radius 3 is 0.939 bits per heavy atom. The van der Waals surface area contributed by atoms with Crippen molar-refractivity contribution in [3.63, 3.8) is 0 Å². The van der Waals surface area contributed by atoms with Crippen LogP contribution in [0, 0.1) is 0 Å². The number of hydrogen-bond donors (Lipinski definition) is 2. The van der Waals surface area contributed by atoms with Crippen molar-refractivity contribution < 1.29 is 52.5 Å². The average molecular weight is 505 g/mol. The average Bonchev–Trinajstić information content (AvgIpc) is 2.83. The molecule has 0 heterocycles. The van der Waals surface area contributed by atoms with E-state index in [1.165, 1.54) is 0 Å². The van der Waals surface area contributed by atoms with Crippen molar-refractivity contribution in [3.05, 3.63) is 0 Å². The largest absolute Gasteiger partial charge is 0.394 e. The molecule has 0 saturated carbocycles. The molecule has 0 aliphatic heterocycles. The first-order valence-electron chi connectivity index (χ1n) is 11.3. The molecule has 1 N–H and O–H groups in total. The van der Waals surface area contributed by atoms with E-state index < -0.39 is 0 Å². The molecule has 0 aromatic rings. The van der Waals surface area contributed by atoms with Gasteiger partial charge in [-0.1, -0.05) is 0 Å². The zero-order valence-electron chi connectivity index (χ0n) is 20.0. The third-order valence-electron chi connectivity index (χ3n) is 3.74. The molecule has 0 amide bonds. The van der Waals surface area contributed by atoms with Crippen molar-refractivity contribution >= 4 is 12.6 Å². The van der Waals surface area contributed by atoms with E-state index in [1.807, 2.05) is 0 Å². The predicted octanol–water partition coefficient (Wildman–Crippen LogP) is 0.0304. The van der Waals surface area contributed by atoms with Gasteiger partial charge in [0.1, 0.15) is 5.44 Å². The summed E-state index contributed by atoms with van der Waals surface area (Å²) in [6.07, 6.45) is 0. The first-order valence-corrected chi connectivity index (χ1v) is 11.8. The Hall–Kier alpha value is -0.0900. The van der Waals surface area contributed by atoms with Crippen molar-refractivity contribution in [1.29, 1.82) is 0 Å². The van der Waals surface area contributed by atoms with Gasteiger partial charge in [-0.25, -0.2) is 0 Å². The number of ether oxygens (including phenoxy) is 10. The monoisotopic (exact) mass is 504 g/mol. The number of methoxy groups -OCH3 is 1. The van der Waals surface area contributed by atoms with Crippen LogP contribution in [0.2, 0.25) is 0 Å². The fraction of sp³-hybridized carbons (Fsp3) is 1.00. The molecule has 1 unspecified atom stereocenters. The highest BCUT2D eigenvalue weighted by molar-refractivity contribution is 7.80. The van der Waals surface area contributed by atoms with Gasteiger partial charge in [0.25, 0.3) is 0 Å². The minimum absolute atomic E-state index is 0.0284. The van der Waals surface area contributed by atoms with Gasteiger partial charge in [0.05, 0.1) is 126 Å². The number of aliphatic hydroxyl groups is 1. The molecule has 12 heteroatoms. The fourth-order valence-electron chi connectivity index (χ4n) is 2.08. The fourth-order valence-corrected chi connectivity index (χ4v) is 2.18. The molecule has 0 saturated heterocycles. The second-order valence-electron chi connectivity index (χ2n) is 6.39. The highest BCUT2D eigenvalue weighted by atomic mass is 32.1.